The zero-order valence-corrected chi connectivity index (χ0v) is 14.2. The van der Waals surface area contributed by atoms with E-state index in [1.54, 1.807) is 7.11 Å². The van der Waals surface area contributed by atoms with Crippen LogP contribution in [0.1, 0.15) is 29.0 Å². The number of benzene rings is 1. The molecule has 0 bridgehead atoms. The largest absolute Gasteiger partial charge is 0.496 e. The van der Waals surface area contributed by atoms with Crippen molar-refractivity contribution in [1.82, 2.24) is 9.88 Å². The van der Waals surface area contributed by atoms with Crippen molar-refractivity contribution in [3.8, 4) is 17.2 Å². The Balaban J connectivity index is 1.87. The van der Waals surface area contributed by atoms with E-state index in [9.17, 15) is 5.11 Å². The molecule has 23 heavy (non-hydrogen) atoms. The third-order valence-corrected chi connectivity index (χ3v) is 4.49. The van der Waals surface area contributed by atoms with Crippen molar-refractivity contribution in [3.63, 3.8) is 0 Å². The quantitative estimate of drug-likeness (QED) is 0.940. The molecule has 1 aromatic heterocycles. The van der Waals surface area contributed by atoms with Crippen molar-refractivity contribution in [2.45, 2.75) is 39.8 Å². The van der Waals surface area contributed by atoms with E-state index in [0.717, 1.165) is 53.4 Å². The number of aryl methyl sites for hydroxylation is 3. The maximum Gasteiger partial charge on any atom is 0.226 e. The van der Waals surface area contributed by atoms with Gasteiger partial charge in [0, 0.05) is 25.2 Å². The van der Waals surface area contributed by atoms with Crippen LogP contribution in [0, 0.1) is 20.8 Å². The average Bonchev–Trinajstić information content (AvgIpc) is 3.08. The Labute approximate surface area is 136 Å². The van der Waals surface area contributed by atoms with Gasteiger partial charge in [0.2, 0.25) is 5.89 Å². The highest BCUT2D eigenvalue weighted by Gasteiger charge is 2.23. The standard InChI is InChI=1S/C18H24N2O3/c1-11-8-17(22-4)12(2)7-15(11)18-19-16(13(3)23-18)10-20-6-5-14(21)9-20/h7-8,14,21H,5-6,9-10H2,1-4H3. The Hall–Kier alpha value is -1.85. The highest BCUT2D eigenvalue weighted by Crippen LogP contribution is 2.31. The van der Waals surface area contributed by atoms with Crippen LogP contribution in [0.15, 0.2) is 16.5 Å². The lowest BCUT2D eigenvalue weighted by Gasteiger charge is -2.12. The van der Waals surface area contributed by atoms with Crippen LogP contribution in [0.3, 0.4) is 0 Å². The number of ether oxygens (including phenoxy) is 1. The first-order chi connectivity index (χ1) is 11.0. The summed E-state index contributed by atoms with van der Waals surface area (Å²) < 4.78 is 11.3. The van der Waals surface area contributed by atoms with Crippen LogP contribution >= 0.6 is 0 Å². The number of aliphatic hydroxyl groups is 1. The second kappa shape index (κ2) is 6.34. The van der Waals surface area contributed by atoms with Gasteiger partial charge in [0.25, 0.3) is 0 Å². The minimum Gasteiger partial charge on any atom is -0.496 e. The summed E-state index contributed by atoms with van der Waals surface area (Å²) in [5, 5.41) is 9.65. The van der Waals surface area contributed by atoms with E-state index in [1.165, 1.54) is 0 Å². The molecule has 5 heteroatoms. The zero-order chi connectivity index (χ0) is 16.6. The van der Waals surface area contributed by atoms with E-state index in [2.05, 4.69) is 11.0 Å². The average molecular weight is 316 g/mol. The first-order valence-electron chi connectivity index (χ1n) is 8.00. The third kappa shape index (κ3) is 3.26. The summed E-state index contributed by atoms with van der Waals surface area (Å²) >= 11 is 0. The van der Waals surface area contributed by atoms with E-state index in [1.807, 2.05) is 26.8 Å². The maximum atomic E-state index is 9.65. The summed E-state index contributed by atoms with van der Waals surface area (Å²) in [7, 11) is 1.68. The molecule has 0 radical (unpaired) electrons. The van der Waals surface area contributed by atoms with E-state index in [0.29, 0.717) is 12.4 Å². The van der Waals surface area contributed by atoms with Gasteiger partial charge in [0.05, 0.1) is 18.9 Å². The molecular weight excluding hydrogens is 292 g/mol. The lowest BCUT2D eigenvalue weighted by Crippen LogP contribution is -2.22. The number of β-amino-alcohol motifs (C(OH)–C–C–N with tert-alkyl or cyclic N) is 1. The normalized spacial score (nSPS) is 18.6. The Morgan fingerprint density at radius 3 is 2.74 bits per heavy atom. The second-order valence-corrected chi connectivity index (χ2v) is 6.34. The number of hydrogen-bond donors (Lipinski definition) is 1. The predicted molar refractivity (Wildman–Crippen MR) is 88.6 cm³/mol. The number of aromatic nitrogens is 1. The molecule has 3 rings (SSSR count). The van der Waals surface area contributed by atoms with Crippen molar-refractivity contribution in [3.05, 3.63) is 34.7 Å². The number of hydrogen-bond acceptors (Lipinski definition) is 5. The van der Waals surface area contributed by atoms with Crippen LogP contribution in [0.5, 0.6) is 5.75 Å². The highest BCUT2D eigenvalue weighted by molar-refractivity contribution is 5.62. The number of aliphatic hydroxyl groups excluding tert-OH is 1. The van der Waals surface area contributed by atoms with Gasteiger partial charge in [-0.05, 0) is 50.5 Å². The van der Waals surface area contributed by atoms with E-state index >= 15 is 0 Å². The molecule has 1 aliphatic rings. The van der Waals surface area contributed by atoms with Gasteiger partial charge in [0.15, 0.2) is 0 Å². The molecule has 1 unspecified atom stereocenters. The molecule has 1 aliphatic heterocycles. The molecule has 5 nitrogen and oxygen atoms in total. The predicted octanol–water partition coefficient (Wildman–Crippen LogP) is 2.84. The first kappa shape index (κ1) is 16.0. The van der Waals surface area contributed by atoms with Crippen LogP contribution in [-0.2, 0) is 6.54 Å². The van der Waals surface area contributed by atoms with Gasteiger partial charge in [-0.1, -0.05) is 0 Å². The minimum atomic E-state index is -0.215. The molecule has 2 aromatic rings. The molecule has 0 spiro atoms. The van der Waals surface area contributed by atoms with Crippen LogP contribution < -0.4 is 4.74 Å². The van der Waals surface area contributed by atoms with Crippen LogP contribution in [0.2, 0.25) is 0 Å². The number of nitrogens with zero attached hydrogens (tertiary/aromatic N) is 2. The Morgan fingerprint density at radius 2 is 2.09 bits per heavy atom. The summed E-state index contributed by atoms with van der Waals surface area (Å²) in [5.41, 5.74) is 4.09. The van der Waals surface area contributed by atoms with Crippen molar-refractivity contribution >= 4 is 0 Å². The van der Waals surface area contributed by atoms with E-state index in [-0.39, 0.29) is 6.10 Å². The maximum absolute atomic E-state index is 9.65. The molecular formula is C18H24N2O3. The SMILES string of the molecule is COc1cc(C)c(-c2nc(CN3CCC(O)C3)c(C)o2)cc1C. The molecule has 1 atom stereocenters. The van der Waals surface area contributed by atoms with Crippen LogP contribution in [0.25, 0.3) is 11.5 Å². The van der Waals surface area contributed by atoms with Crippen molar-refractivity contribution < 1.29 is 14.3 Å². The van der Waals surface area contributed by atoms with Gasteiger partial charge in [0.1, 0.15) is 11.5 Å². The molecule has 0 saturated carbocycles. The van der Waals surface area contributed by atoms with Crippen molar-refractivity contribution in [2.24, 2.45) is 0 Å². The smallest absolute Gasteiger partial charge is 0.226 e. The molecule has 1 aromatic carbocycles. The summed E-state index contributed by atoms with van der Waals surface area (Å²) in [5.74, 6) is 2.37. The molecule has 1 fully saturated rings. The van der Waals surface area contributed by atoms with Gasteiger partial charge in [-0.3, -0.25) is 4.90 Å². The fourth-order valence-electron chi connectivity index (χ4n) is 3.10. The molecule has 1 saturated heterocycles. The second-order valence-electron chi connectivity index (χ2n) is 6.34. The van der Waals surface area contributed by atoms with Crippen molar-refractivity contribution in [1.29, 1.82) is 0 Å². The van der Waals surface area contributed by atoms with Gasteiger partial charge in [-0.25, -0.2) is 4.98 Å². The van der Waals surface area contributed by atoms with Crippen LogP contribution in [-0.4, -0.2) is 41.3 Å². The molecule has 1 N–H and O–H groups in total. The Morgan fingerprint density at radius 1 is 1.30 bits per heavy atom. The fraction of sp³-hybridized carbons (Fsp3) is 0.500. The lowest BCUT2D eigenvalue weighted by atomic mass is 10.0. The Kier molecular flexibility index (Phi) is 4.41. The summed E-state index contributed by atoms with van der Waals surface area (Å²) in [6.07, 6.45) is 0.619. The zero-order valence-electron chi connectivity index (χ0n) is 14.2. The van der Waals surface area contributed by atoms with E-state index in [4.69, 9.17) is 14.1 Å². The topological polar surface area (TPSA) is 58.7 Å². The third-order valence-electron chi connectivity index (χ3n) is 4.49. The number of rotatable bonds is 4. The van der Waals surface area contributed by atoms with Gasteiger partial charge in [-0.15, -0.1) is 0 Å². The van der Waals surface area contributed by atoms with Crippen molar-refractivity contribution in [2.75, 3.05) is 20.2 Å². The molecule has 0 aliphatic carbocycles. The monoisotopic (exact) mass is 316 g/mol. The highest BCUT2D eigenvalue weighted by atomic mass is 16.5. The van der Waals surface area contributed by atoms with Gasteiger partial charge >= 0.3 is 0 Å². The van der Waals surface area contributed by atoms with Crippen LogP contribution in [0.4, 0.5) is 0 Å². The molecule has 2 heterocycles. The minimum absolute atomic E-state index is 0.215. The molecule has 0 amide bonds. The molecule has 124 valence electrons. The summed E-state index contributed by atoms with van der Waals surface area (Å²) in [6, 6.07) is 4.07. The summed E-state index contributed by atoms with van der Waals surface area (Å²) in [4.78, 5) is 6.91. The fourth-order valence-corrected chi connectivity index (χ4v) is 3.10. The summed E-state index contributed by atoms with van der Waals surface area (Å²) in [6.45, 7) is 8.34. The first-order valence-corrected chi connectivity index (χ1v) is 8.00. The number of methoxy groups -OCH3 is 1. The van der Waals surface area contributed by atoms with E-state index < -0.39 is 0 Å². The number of likely N-dealkylation sites (tertiary alicyclic amines) is 1. The van der Waals surface area contributed by atoms with Gasteiger partial charge in [-0.2, -0.15) is 0 Å². The van der Waals surface area contributed by atoms with Gasteiger partial charge < -0.3 is 14.3 Å². The number of oxazole rings is 1. The lowest BCUT2D eigenvalue weighted by molar-refractivity contribution is 0.174. The Bertz CT molecular complexity index is 709.